The van der Waals surface area contributed by atoms with Crippen LogP contribution in [0.1, 0.15) is 67.4 Å². The Labute approximate surface area is 141 Å². The van der Waals surface area contributed by atoms with E-state index >= 15 is 0 Å². The van der Waals surface area contributed by atoms with E-state index in [1.807, 2.05) is 0 Å². The fourth-order valence-electron chi connectivity index (χ4n) is 3.18. The van der Waals surface area contributed by atoms with Gasteiger partial charge in [-0.1, -0.05) is 18.1 Å². The molecule has 1 fully saturated rings. The Balaban J connectivity index is 1.77. The molecule has 0 unspecified atom stereocenters. The van der Waals surface area contributed by atoms with Gasteiger partial charge in [0.2, 0.25) is 0 Å². The zero-order valence-corrected chi connectivity index (χ0v) is 14.3. The fourth-order valence-corrected chi connectivity index (χ4v) is 3.18. The van der Waals surface area contributed by atoms with Crippen LogP contribution >= 0.6 is 0 Å². The van der Waals surface area contributed by atoms with E-state index in [1.54, 1.807) is 37.7 Å². The van der Waals surface area contributed by atoms with Gasteiger partial charge in [0.05, 0.1) is 30.1 Å². The molecule has 0 bridgehead atoms. The van der Waals surface area contributed by atoms with Crippen molar-refractivity contribution in [3.05, 3.63) is 35.5 Å². The largest absolute Gasteiger partial charge is 0.469 e. The molecule has 0 spiro atoms. The van der Waals surface area contributed by atoms with Crippen molar-refractivity contribution in [2.45, 2.75) is 64.1 Å². The van der Waals surface area contributed by atoms with E-state index in [2.05, 4.69) is 15.6 Å². The van der Waals surface area contributed by atoms with Gasteiger partial charge in [-0.2, -0.15) is 0 Å². The van der Waals surface area contributed by atoms with Crippen LogP contribution in [0.4, 0.5) is 0 Å². The van der Waals surface area contributed by atoms with E-state index in [-0.39, 0.29) is 18.0 Å². The number of rotatable bonds is 4. The maximum atomic E-state index is 12.5. The number of nitrogens with one attached hydrogen (secondary N) is 1. The molecule has 0 aromatic carbocycles. The van der Waals surface area contributed by atoms with Gasteiger partial charge in [-0.05, 0) is 39.7 Å². The van der Waals surface area contributed by atoms with Crippen LogP contribution in [0.2, 0.25) is 0 Å². The van der Waals surface area contributed by atoms with Gasteiger partial charge in [-0.15, -0.1) is 5.10 Å². The van der Waals surface area contributed by atoms with Crippen LogP contribution in [0.15, 0.2) is 22.9 Å². The maximum Gasteiger partial charge on any atom is 0.255 e. The van der Waals surface area contributed by atoms with E-state index < -0.39 is 5.60 Å². The third-order valence-electron chi connectivity index (χ3n) is 4.63. The summed E-state index contributed by atoms with van der Waals surface area (Å²) in [6.07, 6.45) is 7.27. The topological polar surface area (TPSA) is 93.2 Å². The minimum Gasteiger partial charge on any atom is -0.469 e. The third-order valence-corrected chi connectivity index (χ3v) is 4.63. The number of aromatic nitrogens is 3. The van der Waals surface area contributed by atoms with Gasteiger partial charge in [0, 0.05) is 0 Å². The Bertz CT molecular complexity index is 713. The molecular weight excluding hydrogens is 308 g/mol. The quantitative estimate of drug-likeness (QED) is 0.896. The molecule has 2 N–H and O–H groups in total. The first-order chi connectivity index (χ1) is 11.4. The lowest BCUT2D eigenvalue weighted by molar-refractivity contribution is 0.0735. The monoisotopic (exact) mass is 332 g/mol. The zero-order valence-electron chi connectivity index (χ0n) is 14.3. The van der Waals surface area contributed by atoms with Gasteiger partial charge in [0.25, 0.3) is 5.91 Å². The first-order valence-electron chi connectivity index (χ1n) is 8.36. The highest BCUT2D eigenvalue weighted by atomic mass is 16.3. The first kappa shape index (κ1) is 16.7. The predicted molar refractivity (Wildman–Crippen MR) is 87.5 cm³/mol. The first-order valence-corrected chi connectivity index (χ1v) is 8.36. The Hall–Kier alpha value is -2.15. The van der Waals surface area contributed by atoms with Crippen molar-refractivity contribution >= 4 is 5.91 Å². The van der Waals surface area contributed by atoms with Crippen molar-refractivity contribution in [1.29, 1.82) is 0 Å². The molecule has 2 aromatic heterocycles. The Morgan fingerprint density at radius 3 is 2.79 bits per heavy atom. The predicted octanol–water partition coefficient (Wildman–Crippen LogP) is 2.32. The number of aliphatic hydroxyl groups is 1. The lowest BCUT2D eigenvalue weighted by Gasteiger charge is -2.32. The maximum absolute atomic E-state index is 12.5. The Morgan fingerprint density at radius 1 is 1.42 bits per heavy atom. The summed E-state index contributed by atoms with van der Waals surface area (Å²) in [6, 6.07) is 1.71. The number of aryl methyl sites for hydroxylation is 1. The highest BCUT2D eigenvalue weighted by Crippen LogP contribution is 2.29. The van der Waals surface area contributed by atoms with Gasteiger partial charge in [-0.3, -0.25) is 4.79 Å². The second-order valence-corrected chi connectivity index (χ2v) is 6.97. The van der Waals surface area contributed by atoms with Crippen molar-refractivity contribution in [1.82, 2.24) is 20.3 Å². The zero-order chi connectivity index (χ0) is 17.3. The van der Waals surface area contributed by atoms with Gasteiger partial charge in [-0.25, -0.2) is 4.68 Å². The van der Waals surface area contributed by atoms with Gasteiger partial charge >= 0.3 is 0 Å². The van der Waals surface area contributed by atoms with Crippen LogP contribution in [0.5, 0.6) is 0 Å². The molecule has 1 aliphatic carbocycles. The molecule has 0 aliphatic heterocycles. The molecule has 1 amide bonds. The summed E-state index contributed by atoms with van der Waals surface area (Å²) >= 11 is 0. The van der Waals surface area contributed by atoms with Crippen molar-refractivity contribution in [2.24, 2.45) is 0 Å². The van der Waals surface area contributed by atoms with Crippen LogP contribution in [0.25, 0.3) is 0 Å². The van der Waals surface area contributed by atoms with Crippen molar-refractivity contribution in [3.8, 4) is 0 Å². The Morgan fingerprint density at radius 2 is 2.17 bits per heavy atom. The summed E-state index contributed by atoms with van der Waals surface area (Å²) in [7, 11) is 0. The highest BCUT2D eigenvalue weighted by molar-refractivity contribution is 5.95. The lowest BCUT2D eigenvalue weighted by atomic mass is 9.90. The van der Waals surface area contributed by atoms with Crippen molar-refractivity contribution < 1.29 is 14.3 Å². The minimum atomic E-state index is -1.03. The lowest BCUT2D eigenvalue weighted by Crippen LogP contribution is -2.43. The number of hydrogen-bond donors (Lipinski definition) is 2. The van der Waals surface area contributed by atoms with Crippen LogP contribution < -0.4 is 5.32 Å². The van der Waals surface area contributed by atoms with Gasteiger partial charge in [0.1, 0.15) is 17.1 Å². The molecule has 24 heavy (non-hydrogen) atoms. The van der Waals surface area contributed by atoms with E-state index in [9.17, 15) is 9.90 Å². The second kappa shape index (κ2) is 6.39. The van der Waals surface area contributed by atoms with Crippen molar-refractivity contribution in [2.75, 3.05) is 0 Å². The number of amides is 1. The molecule has 1 aliphatic rings. The fraction of sp³-hybridized carbons (Fsp3) is 0.588. The minimum absolute atomic E-state index is 0.0168. The Kier molecular flexibility index (Phi) is 4.45. The molecule has 1 saturated carbocycles. The number of hydrogen-bond acceptors (Lipinski definition) is 5. The third kappa shape index (κ3) is 3.36. The molecule has 7 nitrogen and oxygen atoms in total. The molecule has 0 saturated heterocycles. The summed E-state index contributed by atoms with van der Waals surface area (Å²) in [5.74, 6) is 0.492. The molecular formula is C17H24N4O3. The van der Waals surface area contributed by atoms with Gasteiger partial charge < -0.3 is 14.8 Å². The van der Waals surface area contributed by atoms with E-state index in [0.29, 0.717) is 17.0 Å². The molecule has 7 heteroatoms. The molecule has 2 aromatic rings. The SMILES string of the molecule is Cc1occc1C(=O)N[C@H]1CCCC[C@H]1n1cc(C(C)(C)O)nn1. The summed E-state index contributed by atoms with van der Waals surface area (Å²) in [4.78, 5) is 12.5. The molecule has 0 radical (unpaired) electrons. The van der Waals surface area contributed by atoms with Crippen LogP contribution in [0.3, 0.4) is 0 Å². The number of nitrogens with zero attached hydrogens (tertiary/aromatic N) is 3. The molecule has 2 atom stereocenters. The summed E-state index contributed by atoms with van der Waals surface area (Å²) < 4.78 is 6.99. The normalized spacial score (nSPS) is 21.7. The number of carbonyl (C=O) groups is 1. The van der Waals surface area contributed by atoms with E-state index in [4.69, 9.17) is 4.42 Å². The molecule has 2 heterocycles. The summed E-state index contributed by atoms with van der Waals surface area (Å²) in [5.41, 5.74) is 0.0680. The number of furan rings is 1. The second-order valence-electron chi connectivity index (χ2n) is 6.97. The van der Waals surface area contributed by atoms with Crippen molar-refractivity contribution in [3.63, 3.8) is 0 Å². The number of carbonyl (C=O) groups excluding carboxylic acids is 1. The smallest absolute Gasteiger partial charge is 0.255 e. The average Bonchev–Trinajstić information content (AvgIpc) is 3.16. The van der Waals surface area contributed by atoms with E-state index in [0.717, 1.165) is 25.7 Å². The van der Waals surface area contributed by atoms with Crippen LogP contribution in [-0.2, 0) is 5.60 Å². The summed E-state index contributed by atoms with van der Waals surface area (Å²) in [5, 5.41) is 21.4. The van der Waals surface area contributed by atoms with E-state index in [1.165, 1.54) is 6.26 Å². The summed E-state index contributed by atoms with van der Waals surface area (Å²) in [6.45, 7) is 5.15. The highest BCUT2D eigenvalue weighted by Gasteiger charge is 2.31. The molecule has 130 valence electrons. The van der Waals surface area contributed by atoms with Crippen LogP contribution in [-0.4, -0.2) is 32.0 Å². The molecule has 3 rings (SSSR count). The van der Waals surface area contributed by atoms with Crippen LogP contribution in [0, 0.1) is 6.92 Å². The van der Waals surface area contributed by atoms with Gasteiger partial charge in [0.15, 0.2) is 0 Å². The average molecular weight is 332 g/mol. The standard InChI is InChI=1S/C17H24N4O3/c1-11-12(8-9-24-11)16(22)18-13-6-4-5-7-14(13)21-10-15(19-20-21)17(2,3)23/h8-10,13-14,23H,4-7H2,1-3H3,(H,18,22)/t13-,14+/m0/s1.